The van der Waals surface area contributed by atoms with Gasteiger partial charge < -0.3 is 21.6 Å². The number of carbonyl (C=O) groups is 1. The Kier molecular flexibility index (Phi) is 6.39. The lowest BCUT2D eigenvalue weighted by molar-refractivity contribution is 0.242. The summed E-state index contributed by atoms with van der Waals surface area (Å²) in [6.07, 6.45) is 1.97. The Morgan fingerprint density at radius 1 is 1.54 bits per heavy atom. The van der Waals surface area contributed by atoms with Crippen LogP contribution in [0.1, 0.15) is 19.8 Å². The van der Waals surface area contributed by atoms with Crippen molar-refractivity contribution in [2.24, 2.45) is 10.9 Å². The molecular formula is C7H16N4O2. The zero-order valence-electron chi connectivity index (χ0n) is 7.71. The Hall–Kier alpha value is -1.46. The summed E-state index contributed by atoms with van der Waals surface area (Å²) in [6.45, 7) is 2.73. The van der Waals surface area contributed by atoms with Crippen LogP contribution in [0.4, 0.5) is 4.79 Å². The van der Waals surface area contributed by atoms with Crippen LogP contribution in [0, 0.1) is 0 Å². The van der Waals surface area contributed by atoms with Crippen LogP contribution in [-0.4, -0.2) is 30.2 Å². The fraction of sp³-hybridized carbons (Fsp3) is 0.714. The van der Waals surface area contributed by atoms with Gasteiger partial charge >= 0.3 is 6.03 Å². The zero-order valence-corrected chi connectivity index (χ0v) is 7.71. The van der Waals surface area contributed by atoms with E-state index < -0.39 is 0 Å². The van der Waals surface area contributed by atoms with Crippen molar-refractivity contribution in [2.75, 3.05) is 13.1 Å². The summed E-state index contributed by atoms with van der Waals surface area (Å²) >= 11 is 0. The first-order chi connectivity index (χ1) is 6.20. The number of oxime groups is 1. The number of hydrogen-bond donors (Lipinski definition) is 4. The third-order valence-corrected chi connectivity index (χ3v) is 1.37. The number of amidine groups is 1. The highest BCUT2D eigenvalue weighted by Gasteiger charge is 1.99. The van der Waals surface area contributed by atoms with Crippen LogP contribution in [0.25, 0.3) is 0 Å². The van der Waals surface area contributed by atoms with Gasteiger partial charge in [0.1, 0.15) is 0 Å². The van der Waals surface area contributed by atoms with Gasteiger partial charge in [-0.25, -0.2) is 4.79 Å². The Bertz CT molecular complexity index is 181. The molecule has 76 valence electrons. The molecule has 0 aliphatic rings. The highest BCUT2D eigenvalue weighted by atomic mass is 16.4. The van der Waals surface area contributed by atoms with Crippen LogP contribution < -0.4 is 16.4 Å². The largest absolute Gasteiger partial charge is 0.409 e. The van der Waals surface area contributed by atoms with Crippen LogP contribution in [0.2, 0.25) is 0 Å². The van der Waals surface area contributed by atoms with Crippen molar-refractivity contribution in [3.63, 3.8) is 0 Å². The molecule has 0 bridgehead atoms. The fourth-order valence-corrected chi connectivity index (χ4v) is 0.647. The molecule has 5 N–H and O–H groups in total. The number of amides is 2. The smallest absolute Gasteiger partial charge is 0.315 e. The minimum absolute atomic E-state index is 0.0226. The van der Waals surface area contributed by atoms with Gasteiger partial charge in [-0.05, 0) is 6.42 Å². The standard InChI is InChI=1S/C7H16N4O2/c1-2-3-4-9-7(12)10-5-6(8)11-13/h13H,2-5H2,1H3,(H2,8,11)(H2,9,10,12). The van der Waals surface area contributed by atoms with Gasteiger partial charge in [-0.2, -0.15) is 0 Å². The van der Waals surface area contributed by atoms with Crippen molar-refractivity contribution >= 4 is 11.9 Å². The number of unbranched alkanes of at least 4 members (excludes halogenated alkanes) is 1. The molecular weight excluding hydrogens is 172 g/mol. The summed E-state index contributed by atoms with van der Waals surface area (Å²) in [7, 11) is 0. The van der Waals surface area contributed by atoms with Gasteiger partial charge in [0.05, 0.1) is 6.54 Å². The molecule has 0 rings (SSSR count). The Morgan fingerprint density at radius 3 is 2.77 bits per heavy atom. The summed E-state index contributed by atoms with van der Waals surface area (Å²) in [6, 6.07) is -0.306. The molecule has 6 heteroatoms. The van der Waals surface area contributed by atoms with Gasteiger partial charge in [0.25, 0.3) is 0 Å². The molecule has 6 nitrogen and oxygen atoms in total. The number of nitrogens with one attached hydrogen (secondary N) is 2. The lowest BCUT2D eigenvalue weighted by Gasteiger charge is -2.05. The maximum Gasteiger partial charge on any atom is 0.315 e. The molecule has 13 heavy (non-hydrogen) atoms. The lowest BCUT2D eigenvalue weighted by Crippen LogP contribution is -2.40. The van der Waals surface area contributed by atoms with E-state index in [4.69, 9.17) is 10.9 Å². The molecule has 2 amide bonds. The van der Waals surface area contributed by atoms with E-state index in [1.54, 1.807) is 0 Å². The fourth-order valence-electron chi connectivity index (χ4n) is 0.647. The van der Waals surface area contributed by atoms with E-state index in [0.717, 1.165) is 12.8 Å². The maximum atomic E-state index is 10.9. The molecule has 0 fully saturated rings. The quantitative estimate of drug-likeness (QED) is 0.158. The van der Waals surface area contributed by atoms with Crippen LogP contribution >= 0.6 is 0 Å². The number of carbonyl (C=O) groups excluding carboxylic acids is 1. The minimum atomic E-state index is -0.306. The summed E-state index contributed by atoms with van der Waals surface area (Å²) in [5.41, 5.74) is 5.13. The van der Waals surface area contributed by atoms with E-state index in [1.165, 1.54) is 0 Å². The maximum absolute atomic E-state index is 10.9. The second-order valence-corrected chi connectivity index (χ2v) is 2.55. The summed E-state index contributed by atoms with van der Waals surface area (Å²) in [5.74, 6) is -0.0226. The number of nitrogens with zero attached hydrogens (tertiary/aromatic N) is 1. The number of nitrogens with two attached hydrogens (primary N) is 1. The normalized spacial score (nSPS) is 11.0. The molecule has 0 aliphatic carbocycles. The highest BCUT2D eigenvalue weighted by molar-refractivity contribution is 5.86. The second-order valence-electron chi connectivity index (χ2n) is 2.55. The molecule has 0 saturated carbocycles. The zero-order chi connectivity index (χ0) is 10.1. The van der Waals surface area contributed by atoms with Gasteiger partial charge in [-0.1, -0.05) is 18.5 Å². The molecule has 0 heterocycles. The van der Waals surface area contributed by atoms with Crippen LogP contribution in [0.15, 0.2) is 5.16 Å². The predicted octanol–water partition coefficient (Wildman–Crippen LogP) is -0.168. The Labute approximate surface area is 77.2 Å². The number of hydrogen-bond acceptors (Lipinski definition) is 3. The van der Waals surface area contributed by atoms with Crippen LogP contribution in [0.5, 0.6) is 0 Å². The van der Waals surface area contributed by atoms with E-state index >= 15 is 0 Å². The third kappa shape index (κ3) is 6.92. The van der Waals surface area contributed by atoms with Gasteiger partial charge in [0.15, 0.2) is 5.84 Å². The van der Waals surface area contributed by atoms with Crippen molar-refractivity contribution in [3.05, 3.63) is 0 Å². The Balaban J connectivity index is 3.41. The SMILES string of the molecule is CCCCNC(=O)NC/C(N)=N/O. The first-order valence-corrected chi connectivity index (χ1v) is 4.18. The molecule has 0 aromatic carbocycles. The molecule has 0 aromatic rings. The van der Waals surface area contributed by atoms with Crippen molar-refractivity contribution in [1.29, 1.82) is 0 Å². The summed E-state index contributed by atoms with van der Waals surface area (Å²) in [4.78, 5) is 10.9. The topological polar surface area (TPSA) is 99.7 Å². The average Bonchev–Trinajstić information content (AvgIpc) is 2.14. The number of urea groups is 1. The summed E-state index contributed by atoms with van der Waals surface area (Å²) < 4.78 is 0. The van der Waals surface area contributed by atoms with Crippen molar-refractivity contribution < 1.29 is 10.0 Å². The highest BCUT2D eigenvalue weighted by Crippen LogP contribution is 1.81. The average molecular weight is 188 g/mol. The third-order valence-electron chi connectivity index (χ3n) is 1.37. The first kappa shape index (κ1) is 11.5. The van der Waals surface area contributed by atoms with Crippen LogP contribution in [0.3, 0.4) is 0 Å². The van der Waals surface area contributed by atoms with Crippen molar-refractivity contribution in [1.82, 2.24) is 10.6 Å². The van der Waals surface area contributed by atoms with Gasteiger partial charge in [-0.15, -0.1) is 0 Å². The van der Waals surface area contributed by atoms with Crippen molar-refractivity contribution in [3.8, 4) is 0 Å². The monoisotopic (exact) mass is 188 g/mol. The molecule has 0 unspecified atom stereocenters. The van der Waals surface area contributed by atoms with E-state index in [1.807, 2.05) is 6.92 Å². The summed E-state index contributed by atoms with van der Waals surface area (Å²) in [5, 5.41) is 15.9. The van der Waals surface area contributed by atoms with Gasteiger partial charge in [0, 0.05) is 6.54 Å². The van der Waals surface area contributed by atoms with E-state index in [9.17, 15) is 4.79 Å². The van der Waals surface area contributed by atoms with Gasteiger partial charge in [0.2, 0.25) is 0 Å². The molecule has 0 aromatic heterocycles. The minimum Gasteiger partial charge on any atom is -0.409 e. The number of rotatable bonds is 5. The molecule has 0 aliphatic heterocycles. The van der Waals surface area contributed by atoms with E-state index in [2.05, 4.69) is 15.8 Å². The Morgan fingerprint density at radius 2 is 2.23 bits per heavy atom. The molecule has 0 spiro atoms. The van der Waals surface area contributed by atoms with Gasteiger partial charge in [-0.3, -0.25) is 0 Å². The second kappa shape index (κ2) is 7.20. The first-order valence-electron chi connectivity index (χ1n) is 4.18. The van der Waals surface area contributed by atoms with Crippen LogP contribution in [-0.2, 0) is 0 Å². The van der Waals surface area contributed by atoms with Crippen molar-refractivity contribution in [2.45, 2.75) is 19.8 Å². The molecule has 0 radical (unpaired) electrons. The molecule has 0 saturated heterocycles. The van der Waals surface area contributed by atoms with E-state index in [0.29, 0.717) is 6.54 Å². The lowest BCUT2D eigenvalue weighted by atomic mass is 10.3. The molecule has 0 atom stereocenters. The predicted molar refractivity (Wildman–Crippen MR) is 49.7 cm³/mol. The van der Waals surface area contributed by atoms with E-state index in [-0.39, 0.29) is 18.4 Å².